The lowest BCUT2D eigenvalue weighted by Gasteiger charge is -2.18. The second-order valence-corrected chi connectivity index (χ2v) is 3.47. The third-order valence-electron chi connectivity index (χ3n) is 1.81. The molecule has 1 heterocycles. The second kappa shape index (κ2) is 5.88. The van der Waals surface area contributed by atoms with Crippen molar-refractivity contribution in [2.24, 2.45) is 0 Å². The SMILES string of the molecule is CCNCCN(CC)c1nncs1. The van der Waals surface area contributed by atoms with E-state index in [9.17, 15) is 0 Å². The zero-order valence-corrected chi connectivity index (χ0v) is 8.97. The number of aromatic nitrogens is 2. The van der Waals surface area contributed by atoms with E-state index < -0.39 is 0 Å². The summed E-state index contributed by atoms with van der Waals surface area (Å²) in [6.07, 6.45) is 0. The first-order chi connectivity index (χ1) is 6.38. The van der Waals surface area contributed by atoms with Crippen LogP contribution in [0.4, 0.5) is 5.13 Å². The normalized spacial score (nSPS) is 10.3. The summed E-state index contributed by atoms with van der Waals surface area (Å²) in [5, 5.41) is 12.2. The van der Waals surface area contributed by atoms with Crippen LogP contribution in [-0.2, 0) is 0 Å². The first-order valence-corrected chi connectivity index (χ1v) is 5.48. The molecule has 0 aliphatic rings. The third-order valence-corrected chi connectivity index (χ3v) is 2.56. The molecule has 1 rings (SSSR count). The van der Waals surface area contributed by atoms with Crippen LogP contribution < -0.4 is 10.2 Å². The Balaban J connectivity index is 2.35. The Morgan fingerprint density at radius 3 is 2.92 bits per heavy atom. The largest absolute Gasteiger partial charge is 0.346 e. The molecular weight excluding hydrogens is 184 g/mol. The molecule has 0 atom stereocenters. The third kappa shape index (κ3) is 3.28. The number of nitrogens with zero attached hydrogens (tertiary/aromatic N) is 3. The minimum absolute atomic E-state index is 0.987. The van der Waals surface area contributed by atoms with E-state index in [1.165, 1.54) is 0 Å². The molecule has 0 saturated heterocycles. The summed E-state index contributed by atoms with van der Waals surface area (Å²) < 4.78 is 0. The van der Waals surface area contributed by atoms with E-state index >= 15 is 0 Å². The minimum Gasteiger partial charge on any atom is -0.346 e. The number of hydrogen-bond acceptors (Lipinski definition) is 5. The second-order valence-electron chi connectivity index (χ2n) is 2.65. The molecule has 4 nitrogen and oxygen atoms in total. The molecule has 0 bridgehead atoms. The van der Waals surface area contributed by atoms with Crippen LogP contribution in [0.3, 0.4) is 0 Å². The van der Waals surface area contributed by atoms with Gasteiger partial charge >= 0.3 is 0 Å². The molecule has 74 valence electrons. The smallest absolute Gasteiger partial charge is 0.208 e. The standard InChI is InChI=1S/C8H16N4S/c1-3-9-5-6-12(4-2)8-11-10-7-13-8/h7,9H,3-6H2,1-2H3. The lowest BCUT2D eigenvalue weighted by molar-refractivity contribution is 0.685. The van der Waals surface area contributed by atoms with Gasteiger partial charge in [-0.15, -0.1) is 10.2 Å². The Bertz CT molecular complexity index is 212. The van der Waals surface area contributed by atoms with Crippen molar-refractivity contribution >= 4 is 16.5 Å². The Kier molecular flexibility index (Phi) is 4.70. The molecule has 1 aromatic heterocycles. The number of anilines is 1. The molecule has 0 radical (unpaired) electrons. The van der Waals surface area contributed by atoms with Crippen molar-refractivity contribution in [1.29, 1.82) is 0 Å². The summed E-state index contributed by atoms with van der Waals surface area (Å²) >= 11 is 1.59. The topological polar surface area (TPSA) is 41.0 Å². The Labute approximate surface area is 83.0 Å². The van der Waals surface area contributed by atoms with Crippen LogP contribution in [0.15, 0.2) is 5.51 Å². The van der Waals surface area contributed by atoms with E-state index in [-0.39, 0.29) is 0 Å². The van der Waals surface area contributed by atoms with Gasteiger partial charge in [0.25, 0.3) is 0 Å². The van der Waals surface area contributed by atoms with Gasteiger partial charge in [-0.25, -0.2) is 0 Å². The molecule has 0 fully saturated rings. The highest BCUT2D eigenvalue weighted by molar-refractivity contribution is 7.13. The van der Waals surface area contributed by atoms with Crippen LogP contribution >= 0.6 is 11.3 Å². The molecule has 0 unspecified atom stereocenters. The summed E-state index contributed by atoms with van der Waals surface area (Å²) in [7, 11) is 0. The van der Waals surface area contributed by atoms with Crippen LogP contribution in [-0.4, -0.2) is 36.4 Å². The highest BCUT2D eigenvalue weighted by Gasteiger charge is 2.05. The molecule has 0 amide bonds. The fourth-order valence-electron chi connectivity index (χ4n) is 1.08. The van der Waals surface area contributed by atoms with Gasteiger partial charge in [0, 0.05) is 19.6 Å². The van der Waals surface area contributed by atoms with Gasteiger partial charge in [0.15, 0.2) is 0 Å². The van der Waals surface area contributed by atoms with E-state index in [1.54, 1.807) is 16.8 Å². The van der Waals surface area contributed by atoms with Crippen molar-refractivity contribution < 1.29 is 0 Å². The molecule has 1 N–H and O–H groups in total. The van der Waals surface area contributed by atoms with Gasteiger partial charge < -0.3 is 10.2 Å². The number of hydrogen-bond donors (Lipinski definition) is 1. The Morgan fingerprint density at radius 2 is 2.38 bits per heavy atom. The zero-order chi connectivity index (χ0) is 9.52. The summed E-state index contributed by atoms with van der Waals surface area (Å²) in [5.74, 6) is 0. The van der Waals surface area contributed by atoms with E-state index in [2.05, 4.69) is 34.3 Å². The van der Waals surface area contributed by atoms with Crippen LogP contribution in [0.1, 0.15) is 13.8 Å². The lowest BCUT2D eigenvalue weighted by Crippen LogP contribution is -2.31. The summed E-state index contributed by atoms with van der Waals surface area (Å²) in [4.78, 5) is 2.22. The predicted octanol–water partition coefficient (Wildman–Crippen LogP) is 0.974. The molecule has 0 saturated carbocycles. The fourth-order valence-corrected chi connectivity index (χ4v) is 1.74. The maximum absolute atomic E-state index is 4.03. The van der Waals surface area contributed by atoms with Crippen LogP contribution in [0.25, 0.3) is 0 Å². The molecule has 0 aliphatic heterocycles. The maximum Gasteiger partial charge on any atom is 0.208 e. The van der Waals surface area contributed by atoms with Gasteiger partial charge in [0.1, 0.15) is 5.51 Å². The first kappa shape index (κ1) is 10.4. The zero-order valence-electron chi connectivity index (χ0n) is 8.16. The van der Waals surface area contributed by atoms with Crippen molar-refractivity contribution in [3.63, 3.8) is 0 Å². The molecule has 0 aromatic carbocycles. The first-order valence-electron chi connectivity index (χ1n) is 4.60. The van der Waals surface area contributed by atoms with Gasteiger partial charge in [-0.2, -0.15) is 0 Å². The Hall–Kier alpha value is -0.680. The van der Waals surface area contributed by atoms with Crippen molar-refractivity contribution in [2.75, 3.05) is 31.1 Å². The van der Waals surface area contributed by atoms with Gasteiger partial charge in [-0.1, -0.05) is 18.3 Å². The maximum atomic E-state index is 4.03. The van der Waals surface area contributed by atoms with Gasteiger partial charge in [0.05, 0.1) is 0 Å². The highest BCUT2D eigenvalue weighted by Crippen LogP contribution is 2.14. The van der Waals surface area contributed by atoms with Crippen molar-refractivity contribution in [3.05, 3.63) is 5.51 Å². The van der Waals surface area contributed by atoms with Crippen LogP contribution in [0, 0.1) is 0 Å². The molecule has 0 aliphatic carbocycles. The van der Waals surface area contributed by atoms with Gasteiger partial charge in [0.2, 0.25) is 5.13 Å². The van der Waals surface area contributed by atoms with Crippen LogP contribution in [0.5, 0.6) is 0 Å². The van der Waals surface area contributed by atoms with E-state index in [4.69, 9.17) is 0 Å². The van der Waals surface area contributed by atoms with E-state index in [1.807, 2.05) is 0 Å². The van der Waals surface area contributed by atoms with E-state index in [0.29, 0.717) is 0 Å². The molecular formula is C8H16N4S. The van der Waals surface area contributed by atoms with Crippen molar-refractivity contribution in [1.82, 2.24) is 15.5 Å². The average molecular weight is 200 g/mol. The highest BCUT2D eigenvalue weighted by atomic mass is 32.1. The number of likely N-dealkylation sites (N-methyl/N-ethyl adjacent to an activating group) is 2. The quantitative estimate of drug-likeness (QED) is 0.695. The summed E-state index contributed by atoms with van der Waals surface area (Å²) in [6, 6.07) is 0. The van der Waals surface area contributed by atoms with Crippen LogP contribution in [0.2, 0.25) is 0 Å². The van der Waals surface area contributed by atoms with E-state index in [0.717, 1.165) is 31.3 Å². The predicted molar refractivity (Wildman–Crippen MR) is 56.3 cm³/mol. The van der Waals surface area contributed by atoms with Gasteiger partial charge in [-0.05, 0) is 13.5 Å². The average Bonchev–Trinajstić information content (AvgIpc) is 2.65. The molecule has 0 spiro atoms. The Morgan fingerprint density at radius 1 is 1.54 bits per heavy atom. The summed E-state index contributed by atoms with van der Waals surface area (Å²) in [6.45, 7) is 8.26. The number of rotatable bonds is 6. The summed E-state index contributed by atoms with van der Waals surface area (Å²) in [5.41, 5.74) is 1.77. The fraction of sp³-hybridized carbons (Fsp3) is 0.750. The number of nitrogens with one attached hydrogen (secondary N) is 1. The molecule has 13 heavy (non-hydrogen) atoms. The van der Waals surface area contributed by atoms with Gasteiger partial charge in [-0.3, -0.25) is 0 Å². The molecule has 5 heteroatoms. The van der Waals surface area contributed by atoms with Crippen molar-refractivity contribution in [2.45, 2.75) is 13.8 Å². The van der Waals surface area contributed by atoms with Crippen molar-refractivity contribution in [3.8, 4) is 0 Å². The minimum atomic E-state index is 0.987. The molecule has 1 aromatic rings. The monoisotopic (exact) mass is 200 g/mol. The lowest BCUT2D eigenvalue weighted by atomic mass is 10.5.